The van der Waals surface area contributed by atoms with E-state index in [-0.39, 0.29) is 5.78 Å². The molecule has 0 atom stereocenters. The van der Waals surface area contributed by atoms with Gasteiger partial charge in [0.15, 0.2) is 10.9 Å². The summed E-state index contributed by atoms with van der Waals surface area (Å²) < 4.78 is 12.9. The standard InChI is InChI=1S/C19H26N4O3S/c1-14(2)12-23-18(22-8-10-26-11-9-22)20-21-19(23)27-13-16(24)15-6-4-5-7-17(15)25-3/h4-7,14H,8-13H2,1-3H3. The number of ketones is 1. The van der Waals surface area contributed by atoms with E-state index in [0.717, 1.165) is 30.7 Å². The molecule has 0 saturated carbocycles. The summed E-state index contributed by atoms with van der Waals surface area (Å²) in [5, 5.41) is 9.54. The zero-order valence-corrected chi connectivity index (χ0v) is 16.9. The first kappa shape index (κ1) is 19.7. The second-order valence-electron chi connectivity index (χ2n) is 6.80. The summed E-state index contributed by atoms with van der Waals surface area (Å²) in [6, 6.07) is 7.30. The Morgan fingerprint density at radius 1 is 1.26 bits per heavy atom. The lowest BCUT2D eigenvalue weighted by Gasteiger charge is -2.28. The highest BCUT2D eigenvalue weighted by Gasteiger charge is 2.22. The Balaban J connectivity index is 1.75. The Labute approximate surface area is 164 Å². The Kier molecular flexibility index (Phi) is 6.73. The van der Waals surface area contributed by atoms with Crippen LogP contribution in [-0.4, -0.2) is 59.7 Å². The van der Waals surface area contributed by atoms with E-state index in [2.05, 4.69) is 33.5 Å². The first-order chi connectivity index (χ1) is 13.1. The van der Waals surface area contributed by atoms with Crippen molar-refractivity contribution in [1.82, 2.24) is 14.8 Å². The van der Waals surface area contributed by atoms with Crippen molar-refractivity contribution in [2.45, 2.75) is 25.5 Å². The van der Waals surface area contributed by atoms with E-state index in [4.69, 9.17) is 9.47 Å². The van der Waals surface area contributed by atoms with E-state index in [1.54, 1.807) is 19.2 Å². The number of carbonyl (C=O) groups is 1. The molecule has 0 spiro atoms. The summed E-state index contributed by atoms with van der Waals surface area (Å²) in [4.78, 5) is 14.9. The highest BCUT2D eigenvalue weighted by Crippen LogP contribution is 2.26. The average molecular weight is 391 g/mol. The third-order valence-electron chi connectivity index (χ3n) is 4.28. The molecule has 3 rings (SSSR count). The Morgan fingerprint density at radius 2 is 2.00 bits per heavy atom. The molecule has 146 valence electrons. The maximum Gasteiger partial charge on any atom is 0.228 e. The van der Waals surface area contributed by atoms with Gasteiger partial charge in [-0.15, -0.1) is 10.2 Å². The highest BCUT2D eigenvalue weighted by molar-refractivity contribution is 7.99. The SMILES string of the molecule is COc1ccccc1C(=O)CSc1nnc(N2CCOCC2)n1CC(C)C. The van der Waals surface area contributed by atoms with Crippen LogP contribution >= 0.6 is 11.8 Å². The number of methoxy groups -OCH3 is 1. The molecule has 2 aromatic rings. The zero-order chi connectivity index (χ0) is 19.2. The van der Waals surface area contributed by atoms with Gasteiger partial charge in [-0.25, -0.2) is 0 Å². The van der Waals surface area contributed by atoms with Crippen LogP contribution in [0.2, 0.25) is 0 Å². The quantitative estimate of drug-likeness (QED) is 0.507. The number of thioether (sulfide) groups is 1. The molecule has 0 aliphatic carbocycles. The van der Waals surface area contributed by atoms with Crippen LogP contribution in [0.3, 0.4) is 0 Å². The number of hydrogen-bond acceptors (Lipinski definition) is 7. The molecule has 1 aliphatic rings. The maximum atomic E-state index is 12.7. The van der Waals surface area contributed by atoms with Gasteiger partial charge in [0.1, 0.15) is 5.75 Å². The zero-order valence-electron chi connectivity index (χ0n) is 16.1. The number of hydrogen-bond donors (Lipinski definition) is 0. The summed E-state index contributed by atoms with van der Waals surface area (Å²) in [5.41, 5.74) is 0.593. The van der Waals surface area contributed by atoms with Gasteiger partial charge in [0.2, 0.25) is 5.95 Å². The molecule has 0 N–H and O–H groups in total. The number of aromatic nitrogens is 3. The number of ether oxygens (including phenoxy) is 2. The van der Waals surface area contributed by atoms with E-state index >= 15 is 0 Å². The normalized spacial score (nSPS) is 14.6. The van der Waals surface area contributed by atoms with Crippen LogP contribution in [0.15, 0.2) is 29.4 Å². The lowest BCUT2D eigenvalue weighted by Crippen LogP contribution is -2.38. The molecule has 0 unspecified atom stereocenters. The van der Waals surface area contributed by atoms with Crippen molar-refractivity contribution in [3.05, 3.63) is 29.8 Å². The molecular formula is C19H26N4O3S. The molecule has 2 heterocycles. The molecule has 0 bridgehead atoms. The number of para-hydroxylation sites is 1. The van der Waals surface area contributed by atoms with Crippen molar-refractivity contribution >= 4 is 23.5 Å². The number of benzene rings is 1. The van der Waals surface area contributed by atoms with Gasteiger partial charge in [0, 0.05) is 19.6 Å². The minimum atomic E-state index is 0.0180. The maximum absolute atomic E-state index is 12.7. The molecule has 0 amide bonds. The predicted molar refractivity (Wildman–Crippen MR) is 106 cm³/mol. The predicted octanol–water partition coefficient (Wildman–Crippen LogP) is 2.75. The van der Waals surface area contributed by atoms with Crippen LogP contribution in [0.25, 0.3) is 0 Å². The number of Topliss-reactive ketones (excluding diaryl/α,β-unsaturated/α-hetero) is 1. The number of rotatable bonds is 8. The molecule has 1 saturated heterocycles. The Morgan fingerprint density at radius 3 is 2.70 bits per heavy atom. The molecule has 8 heteroatoms. The van der Waals surface area contributed by atoms with Crippen molar-refractivity contribution in [2.75, 3.05) is 44.1 Å². The highest BCUT2D eigenvalue weighted by atomic mass is 32.2. The van der Waals surface area contributed by atoms with Crippen molar-refractivity contribution in [3.63, 3.8) is 0 Å². The lowest BCUT2D eigenvalue weighted by atomic mass is 10.1. The monoisotopic (exact) mass is 390 g/mol. The molecule has 1 fully saturated rings. The number of nitrogens with zero attached hydrogens (tertiary/aromatic N) is 4. The van der Waals surface area contributed by atoms with Crippen molar-refractivity contribution < 1.29 is 14.3 Å². The Hall–Kier alpha value is -2.06. The lowest BCUT2D eigenvalue weighted by molar-refractivity contribution is 0.101. The third kappa shape index (κ3) is 4.81. The van der Waals surface area contributed by atoms with Gasteiger partial charge < -0.3 is 14.4 Å². The number of morpholine rings is 1. The summed E-state index contributed by atoms with van der Waals surface area (Å²) in [6.45, 7) is 8.15. The topological polar surface area (TPSA) is 69.5 Å². The summed E-state index contributed by atoms with van der Waals surface area (Å²) in [7, 11) is 1.58. The van der Waals surface area contributed by atoms with Gasteiger partial charge >= 0.3 is 0 Å². The van der Waals surface area contributed by atoms with Crippen LogP contribution in [0.1, 0.15) is 24.2 Å². The molecule has 27 heavy (non-hydrogen) atoms. The fourth-order valence-corrected chi connectivity index (χ4v) is 3.82. The smallest absolute Gasteiger partial charge is 0.228 e. The molecule has 1 aromatic carbocycles. The first-order valence-corrected chi connectivity index (χ1v) is 10.1. The van der Waals surface area contributed by atoms with E-state index in [1.165, 1.54) is 11.8 Å². The Bertz CT molecular complexity index is 772. The van der Waals surface area contributed by atoms with E-state index in [9.17, 15) is 4.79 Å². The van der Waals surface area contributed by atoms with Crippen molar-refractivity contribution in [1.29, 1.82) is 0 Å². The van der Waals surface area contributed by atoms with Crippen LogP contribution < -0.4 is 9.64 Å². The largest absolute Gasteiger partial charge is 0.496 e. The van der Waals surface area contributed by atoms with Crippen LogP contribution in [0.4, 0.5) is 5.95 Å². The van der Waals surface area contributed by atoms with E-state index in [1.807, 2.05) is 12.1 Å². The third-order valence-corrected chi connectivity index (χ3v) is 5.25. The molecule has 1 aliphatic heterocycles. The average Bonchev–Trinajstić information content (AvgIpc) is 3.08. The summed E-state index contributed by atoms with van der Waals surface area (Å²) >= 11 is 1.42. The summed E-state index contributed by atoms with van der Waals surface area (Å²) in [6.07, 6.45) is 0. The second kappa shape index (κ2) is 9.23. The minimum Gasteiger partial charge on any atom is -0.496 e. The molecule has 1 aromatic heterocycles. The number of anilines is 1. The second-order valence-corrected chi connectivity index (χ2v) is 7.74. The van der Waals surface area contributed by atoms with Gasteiger partial charge in [0.25, 0.3) is 0 Å². The molecular weight excluding hydrogens is 364 g/mol. The van der Waals surface area contributed by atoms with Crippen LogP contribution in [-0.2, 0) is 11.3 Å². The van der Waals surface area contributed by atoms with E-state index in [0.29, 0.717) is 36.2 Å². The van der Waals surface area contributed by atoms with Gasteiger partial charge in [-0.1, -0.05) is 37.7 Å². The van der Waals surface area contributed by atoms with Crippen LogP contribution in [0.5, 0.6) is 5.75 Å². The van der Waals surface area contributed by atoms with Crippen molar-refractivity contribution in [2.24, 2.45) is 5.92 Å². The fourth-order valence-electron chi connectivity index (χ4n) is 2.99. The summed E-state index contributed by atoms with van der Waals surface area (Å²) in [5.74, 6) is 2.22. The molecule has 0 radical (unpaired) electrons. The minimum absolute atomic E-state index is 0.0180. The fraction of sp³-hybridized carbons (Fsp3) is 0.526. The number of carbonyl (C=O) groups excluding carboxylic acids is 1. The first-order valence-electron chi connectivity index (χ1n) is 9.15. The van der Waals surface area contributed by atoms with Gasteiger partial charge in [-0.05, 0) is 18.1 Å². The van der Waals surface area contributed by atoms with Crippen molar-refractivity contribution in [3.8, 4) is 5.75 Å². The van der Waals surface area contributed by atoms with Gasteiger partial charge in [0.05, 0.1) is 31.6 Å². The van der Waals surface area contributed by atoms with Gasteiger partial charge in [-0.3, -0.25) is 9.36 Å². The molecule has 7 nitrogen and oxygen atoms in total. The van der Waals surface area contributed by atoms with Crippen LogP contribution in [0, 0.1) is 5.92 Å². The van der Waals surface area contributed by atoms with E-state index < -0.39 is 0 Å². The van der Waals surface area contributed by atoms with Gasteiger partial charge in [-0.2, -0.15) is 0 Å².